The van der Waals surface area contributed by atoms with Gasteiger partial charge in [0, 0.05) is 34.5 Å². The van der Waals surface area contributed by atoms with Crippen LogP contribution in [0, 0.1) is 6.92 Å². The van der Waals surface area contributed by atoms with Gasteiger partial charge in [0.05, 0.1) is 11.3 Å². The Hall–Kier alpha value is -2.27. The Morgan fingerprint density at radius 1 is 1.32 bits per heavy atom. The first kappa shape index (κ1) is 14.7. The van der Waals surface area contributed by atoms with Gasteiger partial charge in [-0.05, 0) is 25.1 Å². The van der Waals surface area contributed by atoms with Crippen LogP contribution in [0.25, 0.3) is 6.08 Å². The number of H-pyrrole nitrogens is 1. The van der Waals surface area contributed by atoms with Gasteiger partial charge in [-0.2, -0.15) is 5.10 Å². The summed E-state index contributed by atoms with van der Waals surface area (Å²) in [6, 6.07) is 7.65. The topological polar surface area (TPSA) is 57.8 Å². The van der Waals surface area contributed by atoms with Gasteiger partial charge in [-0.15, -0.1) is 0 Å². The van der Waals surface area contributed by atoms with Crippen molar-refractivity contribution in [2.75, 3.05) is 7.05 Å². The third-order valence-corrected chi connectivity index (χ3v) is 4.69. The molecule has 3 rings (SSSR count). The highest BCUT2D eigenvalue weighted by Crippen LogP contribution is 2.33. The largest absolute Gasteiger partial charge is 0.355 e. The maximum absolute atomic E-state index is 11.9. The average molecular weight is 311 g/mol. The fourth-order valence-electron chi connectivity index (χ4n) is 2.38. The van der Waals surface area contributed by atoms with Gasteiger partial charge in [-0.25, -0.2) is 0 Å². The zero-order chi connectivity index (χ0) is 15.5. The van der Waals surface area contributed by atoms with Gasteiger partial charge < -0.3 is 5.32 Å². The molecule has 0 aliphatic heterocycles. The second-order valence-electron chi connectivity index (χ2n) is 5.03. The molecule has 5 heteroatoms. The molecule has 0 saturated carbocycles. The third-order valence-electron chi connectivity index (χ3n) is 3.57. The Kier molecular flexibility index (Phi) is 4.15. The zero-order valence-electron chi connectivity index (χ0n) is 12.5. The smallest absolute Gasteiger partial charge is 0.252 e. The van der Waals surface area contributed by atoms with E-state index in [0.717, 1.165) is 33.2 Å². The number of rotatable bonds is 3. The summed E-state index contributed by atoms with van der Waals surface area (Å²) in [6.45, 7) is 2.02. The van der Waals surface area contributed by atoms with E-state index >= 15 is 0 Å². The summed E-state index contributed by atoms with van der Waals surface area (Å²) >= 11 is 1.60. The quantitative estimate of drug-likeness (QED) is 0.914. The van der Waals surface area contributed by atoms with Crippen molar-refractivity contribution in [3.05, 3.63) is 63.8 Å². The van der Waals surface area contributed by atoms with Gasteiger partial charge in [-0.1, -0.05) is 36.0 Å². The lowest BCUT2D eigenvalue weighted by molar-refractivity contribution is 0.0960. The Morgan fingerprint density at radius 3 is 2.95 bits per heavy atom. The summed E-state index contributed by atoms with van der Waals surface area (Å²) in [7, 11) is 1.65. The minimum absolute atomic E-state index is 0.0645. The van der Waals surface area contributed by atoms with E-state index < -0.39 is 0 Å². The molecule has 0 atom stereocenters. The van der Waals surface area contributed by atoms with Gasteiger partial charge in [0.2, 0.25) is 0 Å². The SMILES string of the molecule is CNC(=O)c1ccccc1SC1=CCc2n[nH]c(C)c2C=C1. The molecule has 2 N–H and O–H groups in total. The molecule has 1 aliphatic carbocycles. The first-order valence-electron chi connectivity index (χ1n) is 7.10. The highest BCUT2D eigenvalue weighted by molar-refractivity contribution is 8.03. The molecule has 0 saturated heterocycles. The molecule has 0 bridgehead atoms. The molecule has 0 radical (unpaired) electrons. The minimum atomic E-state index is -0.0645. The predicted octanol–water partition coefficient (Wildman–Crippen LogP) is 3.32. The summed E-state index contributed by atoms with van der Waals surface area (Å²) in [6.07, 6.45) is 7.10. The maximum atomic E-state index is 11.9. The van der Waals surface area contributed by atoms with Crippen molar-refractivity contribution in [2.24, 2.45) is 0 Å². The number of nitrogens with one attached hydrogen (secondary N) is 2. The number of nitrogens with zero attached hydrogens (tertiary/aromatic N) is 1. The zero-order valence-corrected chi connectivity index (χ0v) is 13.3. The molecule has 0 fully saturated rings. The van der Waals surface area contributed by atoms with Crippen molar-refractivity contribution in [2.45, 2.75) is 18.2 Å². The lowest BCUT2D eigenvalue weighted by atomic mass is 10.1. The molecular formula is C17H17N3OS. The lowest BCUT2D eigenvalue weighted by Crippen LogP contribution is -2.18. The molecule has 112 valence electrons. The number of aromatic amines is 1. The van der Waals surface area contributed by atoms with E-state index in [1.54, 1.807) is 18.8 Å². The molecule has 1 aromatic carbocycles. The van der Waals surface area contributed by atoms with Gasteiger partial charge >= 0.3 is 0 Å². The molecule has 1 aliphatic rings. The molecule has 4 nitrogen and oxygen atoms in total. The molecule has 1 amide bonds. The monoisotopic (exact) mass is 311 g/mol. The standard InChI is InChI=1S/C17H17N3OS/c1-11-13-9-7-12(8-10-15(13)20-19-11)22-16-6-4-3-5-14(16)17(21)18-2/h3-9H,10H2,1-2H3,(H,18,21)(H,19,20). The first-order chi connectivity index (χ1) is 10.7. The van der Waals surface area contributed by atoms with E-state index in [2.05, 4.69) is 33.7 Å². The normalized spacial score (nSPS) is 13.3. The van der Waals surface area contributed by atoms with E-state index in [1.807, 2.05) is 31.2 Å². The Balaban J connectivity index is 1.86. The number of allylic oxidation sites excluding steroid dienone is 2. The van der Waals surface area contributed by atoms with Crippen LogP contribution < -0.4 is 5.32 Å². The number of carbonyl (C=O) groups excluding carboxylic acids is 1. The molecule has 0 unspecified atom stereocenters. The van der Waals surface area contributed by atoms with Crippen LogP contribution in [0.5, 0.6) is 0 Å². The third kappa shape index (κ3) is 2.85. The van der Waals surface area contributed by atoms with Crippen LogP contribution in [-0.4, -0.2) is 23.2 Å². The van der Waals surface area contributed by atoms with Crippen LogP contribution in [0.15, 0.2) is 46.2 Å². The second kappa shape index (κ2) is 6.23. The summed E-state index contributed by atoms with van der Waals surface area (Å²) < 4.78 is 0. The number of aryl methyl sites for hydroxylation is 1. The number of fused-ring (bicyclic) bond motifs is 1. The van der Waals surface area contributed by atoms with Crippen molar-refractivity contribution in [3.8, 4) is 0 Å². The van der Waals surface area contributed by atoms with Crippen LogP contribution in [0.1, 0.15) is 27.3 Å². The molecule has 1 aromatic heterocycles. The summed E-state index contributed by atoms with van der Waals surface area (Å²) in [5, 5.41) is 10.0. The predicted molar refractivity (Wildman–Crippen MR) is 89.8 cm³/mol. The molecule has 2 aromatic rings. The molecule has 22 heavy (non-hydrogen) atoms. The van der Waals surface area contributed by atoms with E-state index in [9.17, 15) is 4.79 Å². The van der Waals surface area contributed by atoms with Crippen LogP contribution >= 0.6 is 11.8 Å². The van der Waals surface area contributed by atoms with Crippen molar-refractivity contribution in [1.29, 1.82) is 0 Å². The number of hydrogen-bond acceptors (Lipinski definition) is 3. The number of aromatic nitrogens is 2. The number of amides is 1. The molecule has 1 heterocycles. The van der Waals surface area contributed by atoms with Crippen molar-refractivity contribution in [3.63, 3.8) is 0 Å². The van der Waals surface area contributed by atoms with E-state index in [4.69, 9.17) is 0 Å². The summed E-state index contributed by atoms with van der Waals surface area (Å²) in [4.78, 5) is 14.0. The highest BCUT2D eigenvalue weighted by atomic mass is 32.2. The van der Waals surface area contributed by atoms with Crippen molar-refractivity contribution in [1.82, 2.24) is 15.5 Å². The Labute approximate surface area is 133 Å². The average Bonchev–Trinajstić information content (AvgIpc) is 2.77. The number of carbonyl (C=O) groups is 1. The van der Waals surface area contributed by atoms with Gasteiger partial charge in [0.1, 0.15) is 0 Å². The van der Waals surface area contributed by atoms with Crippen LogP contribution in [-0.2, 0) is 6.42 Å². The van der Waals surface area contributed by atoms with E-state index in [0.29, 0.717) is 5.56 Å². The van der Waals surface area contributed by atoms with Gasteiger partial charge in [-0.3, -0.25) is 9.89 Å². The van der Waals surface area contributed by atoms with Crippen molar-refractivity contribution >= 4 is 23.7 Å². The van der Waals surface area contributed by atoms with Gasteiger partial charge in [0.25, 0.3) is 5.91 Å². The van der Waals surface area contributed by atoms with Crippen molar-refractivity contribution < 1.29 is 4.79 Å². The van der Waals surface area contributed by atoms with Crippen LogP contribution in [0.2, 0.25) is 0 Å². The summed E-state index contributed by atoms with van der Waals surface area (Å²) in [5.74, 6) is -0.0645. The maximum Gasteiger partial charge on any atom is 0.252 e. The lowest BCUT2D eigenvalue weighted by Gasteiger charge is -2.08. The van der Waals surface area contributed by atoms with Gasteiger partial charge in [0.15, 0.2) is 0 Å². The van der Waals surface area contributed by atoms with E-state index in [1.165, 1.54) is 0 Å². The number of benzene rings is 1. The second-order valence-corrected chi connectivity index (χ2v) is 6.15. The molecular weight excluding hydrogens is 294 g/mol. The number of hydrogen-bond donors (Lipinski definition) is 2. The Bertz CT molecular complexity index is 774. The van der Waals surface area contributed by atoms with Crippen LogP contribution in [0.3, 0.4) is 0 Å². The fourth-order valence-corrected chi connectivity index (χ4v) is 3.35. The van der Waals surface area contributed by atoms with E-state index in [-0.39, 0.29) is 5.91 Å². The summed E-state index contributed by atoms with van der Waals surface area (Å²) in [5.41, 5.74) is 4.00. The Morgan fingerprint density at radius 2 is 2.14 bits per heavy atom. The minimum Gasteiger partial charge on any atom is -0.355 e. The molecule has 0 spiro atoms. The first-order valence-corrected chi connectivity index (χ1v) is 7.91. The van der Waals surface area contributed by atoms with Crippen LogP contribution in [0.4, 0.5) is 0 Å². The number of thioether (sulfide) groups is 1. The highest BCUT2D eigenvalue weighted by Gasteiger charge is 2.13. The fraction of sp³-hybridized carbons (Fsp3) is 0.176.